The summed E-state index contributed by atoms with van der Waals surface area (Å²) in [6.07, 6.45) is 3.88. The Labute approximate surface area is 181 Å². The molecular weight excluding hydrogens is 417 g/mol. The summed E-state index contributed by atoms with van der Waals surface area (Å²) in [5.74, 6) is 1.30. The number of para-hydroxylation sites is 1. The molecule has 1 fully saturated rings. The molecule has 31 heavy (non-hydrogen) atoms. The number of rotatable bonds is 7. The van der Waals surface area contributed by atoms with Crippen LogP contribution in [0.25, 0.3) is 10.9 Å². The number of nitrogens with zero attached hydrogens (tertiary/aromatic N) is 2. The maximum atomic E-state index is 13.0. The zero-order valence-electron chi connectivity index (χ0n) is 17.1. The lowest BCUT2D eigenvalue weighted by atomic mass is 9.82. The summed E-state index contributed by atoms with van der Waals surface area (Å²) in [6.45, 7) is 1.15. The van der Waals surface area contributed by atoms with Gasteiger partial charge in [-0.3, -0.25) is 0 Å². The van der Waals surface area contributed by atoms with E-state index in [1.165, 1.54) is 12.1 Å². The van der Waals surface area contributed by atoms with Crippen LogP contribution in [0, 0.1) is 17.7 Å². The van der Waals surface area contributed by atoms with Crippen LogP contribution in [-0.4, -0.2) is 31.5 Å². The molecule has 1 saturated carbocycles. The molecule has 7 nitrogen and oxygen atoms in total. The van der Waals surface area contributed by atoms with Gasteiger partial charge in [0.15, 0.2) is 0 Å². The van der Waals surface area contributed by atoms with E-state index < -0.39 is 15.8 Å². The highest BCUT2D eigenvalue weighted by Crippen LogP contribution is 2.29. The van der Waals surface area contributed by atoms with Crippen LogP contribution in [0.15, 0.2) is 53.4 Å². The average Bonchev–Trinajstić information content (AvgIpc) is 2.77. The van der Waals surface area contributed by atoms with E-state index in [0.29, 0.717) is 30.1 Å². The summed E-state index contributed by atoms with van der Waals surface area (Å²) in [6, 6.07) is 12.5. The van der Waals surface area contributed by atoms with Crippen LogP contribution in [0.4, 0.5) is 16.2 Å². The van der Waals surface area contributed by atoms with E-state index in [-0.39, 0.29) is 4.90 Å². The SMILES string of the molecule is Nc1nc(NCC2CCC(CNS(=O)(=O)c3ccc(F)cc3)CC2)nc2ccccc12. The minimum atomic E-state index is -3.62. The van der Waals surface area contributed by atoms with Crippen LogP contribution in [-0.2, 0) is 10.0 Å². The Morgan fingerprint density at radius 3 is 2.29 bits per heavy atom. The van der Waals surface area contributed by atoms with Crippen molar-refractivity contribution >= 4 is 32.7 Å². The third-order valence-electron chi connectivity index (χ3n) is 5.83. The second kappa shape index (κ2) is 9.15. The van der Waals surface area contributed by atoms with E-state index in [0.717, 1.165) is 55.3 Å². The number of hydrogen-bond donors (Lipinski definition) is 3. The van der Waals surface area contributed by atoms with Crippen LogP contribution in [0.1, 0.15) is 25.7 Å². The van der Waals surface area contributed by atoms with Gasteiger partial charge in [0.25, 0.3) is 0 Å². The fourth-order valence-electron chi connectivity index (χ4n) is 3.98. The highest BCUT2D eigenvalue weighted by Gasteiger charge is 2.23. The van der Waals surface area contributed by atoms with E-state index in [9.17, 15) is 12.8 Å². The summed E-state index contributed by atoms with van der Waals surface area (Å²) < 4.78 is 40.4. The van der Waals surface area contributed by atoms with Crippen molar-refractivity contribution in [2.45, 2.75) is 30.6 Å². The predicted octanol–water partition coefficient (Wildman–Crippen LogP) is 3.55. The first-order chi connectivity index (χ1) is 14.9. The third-order valence-corrected chi connectivity index (χ3v) is 7.27. The normalized spacial score (nSPS) is 19.4. The van der Waals surface area contributed by atoms with Gasteiger partial charge in [-0.05, 0) is 73.9 Å². The van der Waals surface area contributed by atoms with Gasteiger partial charge < -0.3 is 11.1 Å². The lowest BCUT2D eigenvalue weighted by molar-refractivity contribution is 0.284. The largest absolute Gasteiger partial charge is 0.383 e. The predicted molar refractivity (Wildman–Crippen MR) is 119 cm³/mol. The number of hydrogen-bond acceptors (Lipinski definition) is 6. The number of nitrogen functional groups attached to an aromatic ring is 1. The molecule has 9 heteroatoms. The molecule has 0 saturated heterocycles. The van der Waals surface area contributed by atoms with Gasteiger partial charge in [0.1, 0.15) is 11.6 Å². The molecular formula is C22H26FN5O2S. The van der Waals surface area contributed by atoms with Gasteiger partial charge in [-0.1, -0.05) is 12.1 Å². The lowest BCUT2D eigenvalue weighted by Crippen LogP contribution is -2.32. The van der Waals surface area contributed by atoms with Crippen LogP contribution in [0.3, 0.4) is 0 Å². The number of anilines is 2. The molecule has 0 radical (unpaired) electrons. The Morgan fingerprint density at radius 2 is 1.58 bits per heavy atom. The standard InChI is InChI=1S/C22H26FN5O2S/c23-17-9-11-18(12-10-17)31(29,30)26-14-16-7-5-15(6-8-16)13-25-22-27-20-4-2-1-3-19(20)21(24)28-22/h1-4,9-12,15-16,26H,5-8,13-14H2,(H3,24,25,27,28). The molecule has 1 heterocycles. The molecule has 0 spiro atoms. The summed E-state index contributed by atoms with van der Waals surface area (Å²) in [7, 11) is -3.62. The Balaban J connectivity index is 1.25. The second-order valence-corrected chi connectivity index (χ2v) is 9.79. The molecule has 0 atom stereocenters. The minimum absolute atomic E-state index is 0.0847. The van der Waals surface area contributed by atoms with Crippen molar-refractivity contribution in [3.05, 3.63) is 54.3 Å². The molecule has 3 aromatic rings. The molecule has 1 aliphatic rings. The number of halogens is 1. The van der Waals surface area contributed by atoms with Gasteiger partial charge in [0.2, 0.25) is 16.0 Å². The topological polar surface area (TPSA) is 110 Å². The van der Waals surface area contributed by atoms with Gasteiger partial charge in [0, 0.05) is 18.5 Å². The number of aromatic nitrogens is 2. The Hall–Kier alpha value is -2.78. The van der Waals surface area contributed by atoms with Gasteiger partial charge in [-0.25, -0.2) is 22.5 Å². The highest BCUT2D eigenvalue weighted by molar-refractivity contribution is 7.89. The molecule has 0 bridgehead atoms. The first-order valence-corrected chi connectivity index (χ1v) is 11.9. The van der Waals surface area contributed by atoms with Crippen molar-refractivity contribution in [2.75, 3.05) is 24.1 Å². The van der Waals surface area contributed by atoms with Crippen LogP contribution in [0.5, 0.6) is 0 Å². The molecule has 0 aliphatic heterocycles. The van der Waals surface area contributed by atoms with Gasteiger partial charge in [-0.2, -0.15) is 4.98 Å². The molecule has 1 aromatic heterocycles. The quantitative estimate of drug-likeness (QED) is 0.515. The van der Waals surface area contributed by atoms with Crippen LogP contribution >= 0.6 is 0 Å². The summed E-state index contributed by atoms with van der Waals surface area (Å²) >= 11 is 0. The zero-order chi connectivity index (χ0) is 21.8. The molecule has 0 amide bonds. The van der Waals surface area contributed by atoms with E-state index >= 15 is 0 Å². The third kappa shape index (κ3) is 5.29. The van der Waals surface area contributed by atoms with E-state index in [2.05, 4.69) is 20.0 Å². The fourth-order valence-corrected chi connectivity index (χ4v) is 5.10. The Bertz CT molecular complexity index is 1150. The van der Waals surface area contributed by atoms with Crippen LogP contribution in [0.2, 0.25) is 0 Å². The highest BCUT2D eigenvalue weighted by atomic mass is 32.2. The average molecular weight is 444 g/mol. The summed E-state index contributed by atoms with van der Waals surface area (Å²) in [4.78, 5) is 8.96. The van der Waals surface area contributed by atoms with Crippen molar-refractivity contribution in [3.63, 3.8) is 0 Å². The summed E-state index contributed by atoms with van der Waals surface area (Å²) in [5, 5.41) is 4.14. The van der Waals surface area contributed by atoms with Crippen molar-refractivity contribution in [3.8, 4) is 0 Å². The number of fused-ring (bicyclic) bond motifs is 1. The number of nitrogens with two attached hydrogens (primary N) is 1. The van der Waals surface area contributed by atoms with Gasteiger partial charge in [-0.15, -0.1) is 0 Å². The Morgan fingerprint density at radius 1 is 0.935 bits per heavy atom. The fraction of sp³-hybridized carbons (Fsp3) is 0.364. The number of benzene rings is 2. The molecule has 4 N–H and O–H groups in total. The lowest BCUT2D eigenvalue weighted by Gasteiger charge is -2.28. The molecule has 4 rings (SSSR count). The monoisotopic (exact) mass is 443 g/mol. The molecule has 0 unspecified atom stereocenters. The second-order valence-electron chi connectivity index (χ2n) is 8.02. The first kappa shape index (κ1) is 21.5. The van der Waals surface area contributed by atoms with E-state index in [4.69, 9.17) is 5.73 Å². The molecule has 2 aromatic carbocycles. The summed E-state index contributed by atoms with van der Waals surface area (Å²) in [5.41, 5.74) is 6.85. The molecule has 1 aliphatic carbocycles. The number of nitrogens with one attached hydrogen (secondary N) is 2. The maximum Gasteiger partial charge on any atom is 0.240 e. The first-order valence-electron chi connectivity index (χ1n) is 10.4. The van der Waals surface area contributed by atoms with Crippen molar-refractivity contribution in [1.29, 1.82) is 0 Å². The van der Waals surface area contributed by atoms with Gasteiger partial charge in [0.05, 0.1) is 10.4 Å². The zero-order valence-corrected chi connectivity index (χ0v) is 17.9. The smallest absolute Gasteiger partial charge is 0.240 e. The Kier molecular flexibility index (Phi) is 6.33. The van der Waals surface area contributed by atoms with Gasteiger partial charge >= 0.3 is 0 Å². The van der Waals surface area contributed by atoms with Crippen LogP contribution < -0.4 is 15.8 Å². The van der Waals surface area contributed by atoms with Crippen molar-refractivity contribution in [1.82, 2.24) is 14.7 Å². The van der Waals surface area contributed by atoms with Crippen molar-refractivity contribution < 1.29 is 12.8 Å². The van der Waals surface area contributed by atoms with E-state index in [1.807, 2.05) is 24.3 Å². The maximum absolute atomic E-state index is 13.0. The van der Waals surface area contributed by atoms with Crippen molar-refractivity contribution in [2.24, 2.45) is 11.8 Å². The molecule has 164 valence electrons. The van der Waals surface area contributed by atoms with E-state index in [1.54, 1.807) is 0 Å². The minimum Gasteiger partial charge on any atom is -0.383 e. The number of sulfonamides is 1.